The molecule has 0 saturated heterocycles. The van der Waals surface area contributed by atoms with Gasteiger partial charge in [-0.2, -0.15) is 0 Å². The number of pyridine rings is 1. The zero-order chi connectivity index (χ0) is 13.2. The molecule has 1 aromatic carbocycles. The zero-order valence-corrected chi connectivity index (χ0v) is 10.6. The van der Waals surface area contributed by atoms with Gasteiger partial charge in [-0.05, 0) is 24.3 Å². The summed E-state index contributed by atoms with van der Waals surface area (Å²) in [6.07, 6.45) is 1.61. The van der Waals surface area contributed by atoms with E-state index >= 15 is 0 Å². The first-order valence-electron chi connectivity index (χ1n) is 5.73. The van der Waals surface area contributed by atoms with Crippen LogP contribution in [0.15, 0.2) is 48.7 Å². The van der Waals surface area contributed by atoms with Crippen LogP contribution in [-0.4, -0.2) is 15.9 Å². The fourth-order valence-corrected chi connectivity index (χ4v) is 2.08. The number of nitrogens with one attached hydrogen (secondary N) is 2. The van der Waals surface area contributed by atoms with Gasteiger partial charge in [0.2, 0.25) is 0 Å². The molecule has 94 valence electrons. The van der Waals surface area contributed by atoms with Crippen LogP contribution in [0.2, 0.25) is 5.15 Å². The van der Waals surface area contributed by atoms with Gasteiger partial charge >= 0.3 is 0 Å². The minimum Gasteiger partial charge on any atom is -0.348 e. The second kappa shape index (κ2) is 4.74. The van der Waals surface area contributed by atoms with Crippen molar-refractivity contribution in [2.45, 2.75) is 0 Å². The van der Waals surface area contributed by atoms with Gasteiger partial charge in [-0.1, -0.05) is 29.8 Å². The molecule has 19 heavy (non-hydrogen) atoms. The Morgan fingerprint density at radius 2 is 2.00 bits per heavy atom. The first-order valence-corrected chi connectivity index (χ1v) is 6.11. The van der Waals surface area contributed by atoms with E-state index in [1.165, 1.54) is 0 Å². The zero-order valence-electron chi connectivity index (χ0n) is 9.85. The molecule has 0 aliphatic heterocycles. The average Bonchev–Trinajstić information content (AvgIpc) is 2.85. The molecule has 0 fully saturated rings. The van der Waals surface area contributed by atoms with Crippen molar-refractivity contribution < 1.29 is 4.79 Å². The number of aromatic amines is 1. The summed E-state index contributed by atoms with van der Waals surface area (Å²) in [5.74, 6) is -0.210. The maximum absolute atomic E-state index is 12.1. The Morgan fingerprint density at radius 1 is 1.21 bits per heavy atom. The second-order valence-corrected chi connectivity index (χ2v) is 4.43. The van der Waals surface area contributed by atoms with E-state index in [9.17, 15) is 4.79 Å². The summed E-state index contributed by atoms with van der Waals surface area (Å²) in [6, 6.07) is 12.8. The lowest BCUT2D eigenvalue weighted by Gasteiger charge is -2.02. The number of H-pyrrole nitrogens is 1. The molecule has 2 heterocycles. The van der Waals surface area contributed by atoms with Crippen molar-refractivity contribution in [3.05, 3.63) is 59.5 Å². The van der Waals surface area contributed by atoms with E-state index in [1.54, 1.807) is 18.3 Å². The molecule has 2 N–H and O–H groups in total. The van der Waals surface area contributed by atoms with Gasteiger partial charge in [0.1, 0.15) is 5.69 Å². The predicted octanol–water partition coefficient (Wildman–Crippen LogP) is 3.47. The van der Waals surface area contributed by atoms with Crippen LogP contribution in [-0.2, 0) is 0 Å². The molecular formula is C14H10ClN3O. The molecule has 1 amide bonds. The Kier molecular flexibility index (Phi) is 2.93. The number of anilines is 1. The molecule has 4 nitrogen and oxygen atoms in total. The Balaban J connectivity index is 1.92. The van der Waals surface area contributed by atoms with Crippen LogP contribution < -0.4 is 5.32 Å². The van der Waals surface area contributed by atoms with Crippen molar-refractivity contribution in [2.75, 3.05) is 5.32 Å². The molecule has 0 bridgehead atoms. The summed E-state index contributed by atoms with van der Waals surface area (Å²) >= 11 is 5.96. The molecule has 5 heteroatoms. The molecule has 0 saturated carbocycles. The summed E-state index contributed by atoms with van der Waals surface area (Å²) in [5.41, 5.74) is 1.87. The fraction of sp³-hybridized carbons (Fsp3) is 0. The van der Waals surface area contributed by atoms with Crippen molar-refractivity contribution >= 4 is 34.1 Å². The minimum atomic E-state index is -0.210. The highest BCUT2D eigenvalue weighted by atomic mass is 35.5. The Labute approximate surface area is 114 Å². The molecule has 0 aliphatic rings. The minimum absolute atomic E-state index is 0.210. The fourth-order valence-electron chi connectivity index (χ4n) is 1.86. The van der Waals surface area contributed by atoms with Gasteiger partial charge < -0.3 is 10.3 Å². The van der Waals surface area contributed by atoms with Crippen molar-refractivity contribution in [1.29, 1.82) is 0 Å². The lowest BCUT2D eigenvalue weighted by Crippen LogP contribution is -2.11. The van der Waals surface area contributed by atoms with Crippen molar-refractivity contribution in [1.82, 2.24) is 9.97 Å². The molecule has 0 spiro atoms. The first-order chi connectivity index (χ1) is 9.24. The number of benzene rings is 1. The van der Waals surface area contributed by atoms with Gasteiger partial charge in [-0.3, -0.25) is 4.79 Å². The van der Waals surface area contributed by atoms with Crippen LogP contribution in [0.3, 0.4) is 0 Å². The van der Waals surface area contributed by atoms with E-state index in [0.29, 0.717) is 16.4 Å². The van der Waals surface area contributed by atoms with E-state index in [0.717, 1.165) is 11.1 Å². The van der Waals surface area contributed by atoms with Crippen molar-refractivity contribution in [2.24, 2.45) is 0 Å². The molecule has 0 aliphatic carbocycles. The number of rotatable bonds is 2. The van der Waals surface area contributed by atoms with Gasteiger partial charge in [0.05, 0.1) is 5.52 Å². The molecule has 2 aromatic heterocycles. The molecule has 3 aromatic rings. The lowest BCUT2D eigenvalue weighted by molar-refractivity contribution is 0.102. The highest BCUT2D eigenvalue weighted by Gasteiger charge is 2.11. The SMILES string of the molecule is O=C(Nc1ccccc1)c1cc2ccnc(Cl)c2[nH]1. The number of amides is 1. The van der Waals surface area contributed by atoms with Crippen LogP contribution in [0.1, 0.15) is 10.5 Å². The van der Waals surface area contributed by atoms with Gasteiger partial charge in [0.25, 0.3) is 5.91 Å². The van der Waals surface area contributed by atoms with Crippen LogP contribution in [0.25, 0.3) is 10.9 Å². The summed E-state index contributed by atoms with van der Waals surface area (Å²) in [4.78, 5) is 19.0. The second-order valence-electron chi connectivity index (χ2n) is 4.07. The maximum atomic E-state index is 12.1. The van der Waals surface area contributed by atoms with Crippen LogP contribution in [0, 0.1) is 0 Å². The number of halogens is 1. The van der Waals surface area contributed by atoms with Gasteiger partial charge in [-0.15, -0.1) is 0 Å². The summed E-state index contributed by atoms with van der Waals surface area (Å²) in [6.45, 7) is 0. The van der Waals surface area contributed by atoms with E-state index in [2.05, 4.69) is 15.3 Å². The Morgan fingerprint density at radius 3 is 2.74 bits per heavy atom. The predicted molar refractivity (Wildman–Crippen MR) is 75.5 cm³/mol. The van der Waals surface area contributed by atoms with Crippen molar-refractivity contribution in [3.63, 3.8) is 0 Å². The Bertz CT molecular complexity index is 737. The number of aromatic nitrogens is 2. The molecule has 0 radical (unpaired) electrons. The topological polar surface area (TPSA) is 57.8 Å². The maximum Gasteiger partial charge on any atom is 0.272 e. The van der Waals surface area contributed by atoms with Crippen LogP contribution in [0.4, 0.5) is 5.69 Å². The lowest BCUT2D eigenvalue weighted by atomic mass is 10.3. The van der Waals surface area contributed by atoms with E-state index in [4.69, 9.17) is 11.6 Å². The third-order valence-electron chi connectivity index (χ3n) is 2.77. The van der Waals surface area contributed by atoms with Crippen LogP contribution in [0.5, 0.6) is 0 Å². The number of carbonyl (C=O) groups excluding carboxylic acids is 1. The van der Waals surface area contributed by atoms with E-state index < -0.39 is 0 Å². The number of para-hydroxylation sites is 1. The number of hydrogen-bond acceptors (Lipinski definition) is 2. The summed E-state index contributed by atoms with van der Waals surface area (Å²) in [7, 11) is 0. The highest BCUT2D eigenvalue weighted by Crippen LogP contribution is 2.21. The van der Waals surface area contributed by atoms with E-state index in [1.807, 2.05) is 30.3 Å². The molecular weight excluding hydrogens is 262 g/mol. The molecule has 0 atom stereocenters. The van der Waals surface area contributed by atoms with Crippen molar-refractivity contribution in [3.8, 4) is 0 Å². The highest BCUT2D eigenvalue weighted by molar-refractivity contribution is 6.34. The van der Waals surface area contributed by atoms with Gasteiger partial charge in [-0.25, -0.2) is 4.98 Å². The third-order valence-corrected chi connectivity index (χ3v) is 3.06. The van der Waals surface area contributed by atoms with Gasteiger partial charge in [0.15, 0.2) is 5.15 Å². The number of fused-ring (bicyclic) bond motifs is 1. The smallest absolute Gasteiger partial charge is 0.272 e. The monoisotopic (exact) mass is 271 g/mol. The summed E-state index contributed by atoms with van der Waals surface area (Å²) in [5, 5.41) is 4.02. The van der Waals surface area contributed by atoms with E-state index in [-0.39, 0.29) is 5.91 Å². The largest absolute Gasteiger partial charge is 0.348 e. The third kappa shape index (κ3) is 2.30. The number of nitrogens with zero attached hydrogens (tertiary/aromatic N) is 1. The number of carbonyl (C=O) groups is 1. The Hall–Kier alpha value is -2.33. The first kappa shape index (κ1) is 11.7. The van der Waals surface area contributed by atoms with Gasteiger partial charge in [0, 0.05) is 17.3 Å². The van der Waals surface area contributed by atoms with Crippen LogP contribution >= 0.6 is 11.6 Å². The summed E-state index contributed by atoms with van der Waals surface area (Å²) < 4.78 is 0. The normalized spacial score (nSPS) is 10.6. The molecule has 3 rings (SSSR count). The number of hydrogen-bond donors (Lipinski definition) is 2. The quantitative estimate of drug-likeness (QED) is 0.701. The standard InChI is InChI=1S/C14H10ClN3O/c15-13-12-9(6-7-16-13)8-11(18-12)14(19)17-10-4-2-1-3-5-10/h1-8,18H,(H,17,19). The molecule has 0 unspecified atom stereocenters. The average molecular weight is 272 g/mol.